The number of benzene rings is 1. The van der Waals surface area contributed by atoms with Crippen LogP contribution in [0.25, 0.3) is 10.2 Å². The van der Waals surface area contributed by atoms with E-state index in [1.165, 1.54) is 6.20 Å². The van der Waals surface area contributed by atoms with E-state index < -0.39 is 5.97 Å². The van der Waals surface area contributed by atoms with Crippen molar-refractivity contribution in [3.8, 4) is 0 Å². The van der Waals surface area contributed by atoms with Crippen molar-refractivity contribution < 1.29 is 14.7 Å². The highest BCUT2D eigenvalue weighted by molar-refractivity contribution is 7.18. The number of thiazole rings is 1. The van der Waals surface area contributed by atoms with Crippen LogP contribution in [-0.4, -0.2) is 58.0 Å². The first-order valence-electron chi connectivity index (χ1n) is 9.17. The van der Waals surface area contributed by atoms with Gasteiger partial charge < -0.3 is 14.9 Å². The quantitative estimate of drug-likeness (QED) is 0.714. The van der Waals surface area contributed by atoms with Crippen molar-refractivity contribution in [2.75, 3.05) is 31.1 Å². The zero-order valence-electron chi connectivity index (χ0n) is 15.2. The number of fused-ring (bicyclic) bond motifs is 1. The van der Waals surface area contributed by atoms with Gasteiger partial charge in [-0.3, -0.25) is 4.79 Å². The third-order valence-electron chi connectivity index (χ3n) is 4.84. The van der Waals surface area contributed by atoms with Crippen molar-refractivity contribution in [2.45, 2.75) is 12.8 Å². The molecule has 3 aromatic rings. The van der Waals surface area contributed by atoms with Gasteiger partial charge in [0, 0.05) is 45.2 Å². The summed E-state index contributed by atoms with van der Waals surface area (Å²) in [6.07, 6.45) is 2.50. The van der Waals surface area contributed by atoms with Gasteiger partial charge in [0.05, 0.1) is 20.8 Å². The summed E-state index contributed by atoms with van der Waals surface area (Å²) in [6.45, 7) is 2.65. The van der Waals surface area contributed by atoms with Crippen LogP contribution in [-0.2, 0) is 11.2 Å². The van der Waals surface area contributed by atoms with Crippen LogP contribution in [0.3, 0.4) is 0 Å². The van der Waals surface area contributed by atoms with Crippen molar-refractivity contribution in [1.29, 1.82) is 0 Å². The summed E-state index contributed by atoms with van der Waals surface area (Å²) in [6, 6.07) is 11.3. The Balaban J connectivity index is 1.29. The van der Waals surface area contributed by atoms with Gasteiger partial charge in [0.1, 0.15) is 5.82 Å². The first-order chi connectivity index (χ1) is 13.6. The molecule has 4 rings (SSSR count). The Labute approximate surface area is 166 Å². The number of hydrogen-bond acceptors (Lipinski definition) is 6. The van der Waals surface area contributed by atoms with Crippen LogP contribution in [0.1, 0.15) is 21.8 Å². The average molecular weight is 396 g/mol. The molecule has 28 heavy (non-hydrogen) atoms. The van der Waals surface area contributed by atoms with Gasteiger partial charge in [-0.05, 0) is 24.3 Å². The number of hydrogen-bond donors (Lipinski definition) is 1. The highest BCUT2D eigenvalue weighted by atomic mass is 32.1. The van der Waals surface area contributed by atoms with Crippen molar-refractivity contribution in [3.05, 3.63) is 53.2 Å². The monoisotopic (exact) mass is 396 g/mol. The summed E-state index contributed by atoms with van der Waals surface area (Å²) in [4.78, 5) is 36.2. The van der Waals surface area contributed by atoms with Gasteiger partial charge in [-0.25, -0.2) is 14.8 Å². The molecule has 0 aliphatic carbocycles. The molecule has 144 valence electrons. The first kappa shape index (κ1) is 18.4. The van der Waals surface area contributed by atoms with Crippen LogP contribution in [0.4, 0.5) is 5.82 Å². The van der Waals surface area contributed by atoms with E-state index in [1.807, 2.05) is 23.1 Å². The topological polar surface area (TPSA) is 86.6 Å². The Kier molecular flexibility index (Phi) is 5.21. The molecule has 8 heteroatoms. The van der Waals surface area contributed by atoms with E-state index in [0.717, 1.165) is 21.0 Å². The van der Waals surface area contributed by atoms with E-state index in [9.17, 15) is 9.59 Å². The number of amides is 1. The van der Waals surface area contributed by atoms with Crippen LogP contribution in [0.15, 0.2) is 42.6 Å². The number of rotatable bonds is 5. The summed E-state index contributed by atoms with van der Waals surface area (Å²) in [5, 5.41) is 9.95. The predicted octanol–water partition coefficient (Wildman–Crippen LogP) is 2.67. The van der Waals surface area contributed by atoms with Crippen LogP contribution in [0, 0.1) is 0 Å². The average Bonchev–Trinajstić information content (AvgIpc) is 3.15. The number of piperazine rings is 1. The highest BCUT2D eigenvalue weighted by Gasteiger charge is 2.22. The number of nitrogens with zero attached hydrogens (tertiary/aromatic N) is 4. The van der Waals surface area contributed by atoms with Gasteiger partial charge in [0.15, 0.2) is 0 Å². The van der Waals surface area contributed by atoms with Crippen LogP contribution in [0.5, 0.6) is 0 Å². The lowest BCUT2D eigenvalue weighted by Gasteiger charge is -2.35. The van der Waals surface area contributed by atoms with E-state index in [4.69, 9.17) is 5.11 Å². The molecule has 2 aromatic heterocycles. The fourth-order valence-electron chi connectivity index (χ4n) is 3.28. The number of pyridine rings is 1. The number of aromatic carboxylic acids is 1. The SMILES string of the molecule is O=C(O)c1ccc(N2CCN(C(=O)CCc3nc4ccccc4s3)CC2)nc1. The standard InChI is InChI=1S/C20H20N4O3S/c25-19(8-7-18-22-15-3-1-2-4-16(15)28-18)24-11-9-23(10-12-24)17-6-5-14(13-21-17)20(26)27/h1-6,13H,7-12H2,(H,26,27). The number of carbonyl (C=O) groups excluding carboxylic acids is 1. The molecule has 1 aliphatic rings. The third-order valence-corrected chi connectivity index (χ3v) is 5.94. The predicted molar refractivity (Wildman–Crippen MR) is 108 cm³/mol. The number of carbonyl (C=O) groups is 2. The number of carboxylic acids is 1. The molecule has 0 saturated carbocycles. The number of anilines is 1. The summed E-state index contributed by atoms with van der Waals surface area (Å²) in [5.74, 6) is -0.0951. The Bertz CT molecular complexity index is 961. The minimum absolute atomic E-state index is 0.146. The molecule has 0 bridgehead atoms. The Hall–Kier alpha value is -3.00. The van der Waals surface area contributed by atoms with E-state index in [1.54, 1.807) is 23.5 Å². The van der Waals surface area contributed by atoms with Crippen molar-refractivity contribution in [3.63, 3.8) is 0 Å². The van der Waals surface area contributed by atoms with Crippen molar-refractivity contribution in [2.24, 2.45) is 0 Å². The number of carboxylic acid groups (broad SMARTS) is 1. The number of para-hydroxylation sites is 1. The molecule has 7 nitrogen and oxygen atoms in total. The molecule has 0 spiro atoms. The maximum atomic E-state index is 12.6. The van der Waals surface area contributed by atoms with E-state index in [2.05, 4.69) is 20.9 Å². The lowest BCUT2D eigenvalue weighted by Crippen LogP contribution is -2.49. The molecule has 1 fully saturated rings. The van der Waals surface area contributed by atoms with Crippen LogP contribution < -0.4 is 4.90 Å². The minimum Gasteiger partial charge on any atom is -0.478 e. The summed E-state index contributed by atoms with van der Waals surface area (Å²) < 4.78 is 1.15. The van der Waals surface area contributed by atoms with Crippen LogP contribution in [0.2, 0.25) is 0 Å². The van der Waals surface area contributed by atoms with Crippen molar-refractivity contribution >= 4 is 39.2 Å². The van der Waals surface area contributed by atoms with Gasteiger partial charge >= 0.3 is 5.97 Å². The Morgan fingerprint density at radius 1 is 1.07 bits per heavy atom. The molecule has 1 aliphatic heterocycles. The summed E-state index contributed by atoms with van der Waals surface area (Å²) in [7, 11) is 0. The molecule has 1 aromatic carbocycles. The first-order valence-corrected chi connectivity index (χ1v) is 9.98. The molecule has 1 N–H and O–H groups in total. The van der Waals surface area contributed by atoms with Crippen molar-refractivity contribution in [1.82, 2.24) is 14.9 Å². The zero-order valence-corrected chi connectivity index (χ0v) is 16.1. The molecular formula is C20H20N4O3S. The summed E-state index contributed by atoms with van der Waals surface area (Å²) >= 11 is 1.65. The molecule has 0 radical (unpaired) electrons. The lowest BCUT2D eigenvalue weighted by molar-refractivity contribution is -0.131. The fourth-order valence-corrected chi connectivity index (χ4v) is 4.25. The Morgan fingerprint density at radius 2 is 1.86 bits per heavy atom. The minimum atomic E-state index is -0.984. The van der Waals surface area contributed by atoms with Crippen LogP contribution >= 0.6 is 11.3 Å². The van der Waals surface area contributed by atoms with E-state index >= 15 is 0 Å². The highest BCUT2D eigenvalue weighted by Crippen LogP contribution is 2.23. The van der Waals surface area contributed by atoms with E-state index in [-0.39, 0.29) is 11.5 Å². The van der Waals surface area contributed by atoms with Gasteiger partial charge in [-0.2, -0.15) is 0 Å². The van der Waals surface area contributed by atoms with E-state index in [0.29, 0.717) is 39.0 Å². The largest absolute Gasteiger partial charge is 0.478 e. The molecule has 3 heterocycles. The maximum Gasteiger partial charge on any atom is 0.337 e. The summed E-state index contributed by atoms with van der Waals surface area (Å²) in [5.41, 5.74) is 1.16. The molecule has 0 unspecified atom stereocenters. The second-order valence-electron chi connectivity index (χ2n) is 6.65. The maximum absolute atomic E-state index is 12.6. The molecular weight excluding hydrogens is 376 g/mol. The Morgan fingerprint density at radius 3 is 2.54 bits per heavy atom. The molecule has 1 saturated heterocycles. The molecule has 0 atom stereocenters. The number of aromatic nitrogens is 2. The smallest absolute Gasteiger partial charge is 0.337 e. The van der Waals surface area contributed by atoms with Gasteiger partial charge in [-0.15, -0.1) is 11.3 Å². The zero-order chi connectivity index (χ0) is 19.5. The van der Waals surface area contributed by atoms with Gasteiger partial charge in [0.2, 0.25) is 5.91 Å². The lowest BCUT2D eigenvalue weighted by atomic mass is 10.2. The molecule has 1 amide bonds. The fraction of sp³-hybridized carbons (Fsp3) is 0.300. The van der Waals surface area contributed by atoms with Gasteiger partial charge in [-0.1, -0.05) is 12.1 Å². The second-order valence-corrected chi connectivity index (χ2v) is 7.77. The van der Waals surface area contributed by atoms with Gasteiger partial charge in [0.25, 0.3) is 0 Å². The number of aryl methyl sites for hydroxylation is 1. The third kappa shape index (κ3) is 3.96. The second kappa shape index (κ2) is 7.93. The normalized spacial score (nSPS) is 14.4.